The van der Waals surface area contributed by atoms with Crippen LogP contribution in [-0.4, -0.2) is 22.5 Å². The zero-order valence-corrected chi connectivity index (χ0v) is 12.4. The average Bonchev–Trinajstić information content (AvgIpc) is 2.83. The fraction of sp³-hybridized carbons (Fsp3) is 0.467. The zero-order valence-electron chi connectivity index (χ0n) is 11.6. The number of halogens is 1. The van der Waals surface area contributed by atoms with Crippen LogP contribution in [0.5, 0.6) is 0 Å². The van der Waals surface area contributed by atoms with Crippen LogP contribution in [-0.2, 0) is 4.79 Å². The van der Waals surface area contributed by atoms with Crippen LogP contribution in [0.1, 0.15) is 47.2 Å². The van der Waals surface area contributed by atoms with E-state index < -0.39 is 17.4 Å². The lowest BCUT2D eigenvalue weighted by Crippen LogP contribution is -2.52. The third-order valence-electron chi connectivity index (χ3n) is 4.05. The summed E-state index contributed by atoms with van der Waals surface area (Å²) >= 11 is 6.10. The second-order valence-corrected chi connectivity index (χ2v) is 5.87. The number of carboxylic acid groups (broad SMARTS) is 1. The van der Waals surface area contributed by atoms with Gasteiger partial charge in [-0.1, -0.05) is 24.4 Å². The second kappa shape index (κ2) is 5.44. The highest BCUT2D eigenvalue weighted by Gasteiger charge is 2.42. The number of aliphatic carboxylic acids is 1. The Balaban J connectivity index is 2.28. The molecule has 0 radical (unpaired) electrons. The monoisotopic (exact) mass is 295 g/mol. The number of rotatable bonds is 3. The molecule has 2 rings (SSSR count). The molecule has 0 saturated heterocycles. The number of carbonyl (C=O) groups is 2. The van der Waals surface area contributed by atoms with Gasteiger partial charge in [-0.25, -0.2) is 4.79 Å². The Bertz CT molecular complexity index is 562. The van der Waals surface area contributed by atoms with E-state index in [4.69, 9.17) is 11.6 Å². The number of hydrogen-bond acceptors (Lipinski definition) is 2. The highest BCUT2D eigenvalue weighted by atomic mass is 35.5. The van der Waals surface area contributed by atoms with Crippen molar-refractivity contribution >= 4 is 23.5 Å². The van der Waals surface area contributed by atoms with E-state index in [1.54, 1.807) is 12.1 Å². The highest BCUT2D eigenvalue weighted by Crippen LogP contribution is 2.31. The van der Waals surface area contributed by atoms with Gasteiger partial charge < -0.3 is 10.4 Å². The fourth-order valence-corrected chi connectivity index (χ4v) is 2.91. The van der Waals surface area contributed by atoms with Gasteiger partial charge in [-0.3, -0.25) is 4.79 Å². The molecule has 1 aromatic carbocycles. The maximum Gasteiger partial charge on any atom is 0.329 e. The lowest BCUT2D eigenvalue weighted by molar-refractivity contribution is -0.144. The first-order valence-corrected chi connectivity index (χ1v) is 7.06. The quantitative estimate of drug-likeness (QED) is 0.900. The SMILES string of the molecule is Cc1cc(Cl)c(C(=O)NC2(C(=O)O)CCCC2)cc1C. The normalized spacial score (nSPS) is 16.9. The minimum Gasteiger partial charge on any atom is -0.480 e. The molecule has 20 heavy (non-hydrogen) atoms. The van der Waals surface area contributed by atoms with Gasteiger partial charge in [-0.2, -0.15) is 0 Å². The van der Waals surface area contributed by atoms with Crippen LogP contribution >= 0.6 is 11.6 Å². The van der Waals surface area contributed by atoms with Crippen LogP contribution in [0.4, 0.5) is 0 Å². The van der Waals surface area contributed by atoms with Crippen molar-refractivity contribution in [2.24, 2.45) is 0 Å². The smallest absolute Gasteiger partial charge is 0.329 e. The van der Waals surface area contributed by atoms with Crippen molar-refractivity contribution in [2.45, 2.75) is 45.1 Å². The van der Waals surface area contributed by atoms with Crippen LogP contribution in [0.3, 0.4) is 0 Å². The largest absolute Gasteiger partial charge is 0.480 e. The summed E-state index contributed by atoms with van der Waals surface area (Å²) < 4.78 is 0. The summed E-state index contributed by atoms with van der Waals surface area (Å²) in [5.74, 6) is -1.38. The predicted octanol–water partition coefficient (Wildman–Crippen LogP) is 3.08. The molecule has 0 unspecified atom stereocenters. The van der Waals surface area contributed by atoms with E-state index in [1.165, 1.54) is 0 Å². The van der Waals surface area contributed by atoms with Gasteiger partial charge >= 0.3 is 5.97 Å². The summed E-state index contributed by atoms with van der Waals surface area (Å²) in [6.07, 6.45) is 2.56. The number of nitrogens with one attached hydrogen (secondary N) is 1. The minimum absolute atomic E-state index is 0.335. The van der Waals surface area contributed by atoms with Crippen LogP contribution < -0.4 is 5.32 Å². The van der Waals surface area contributed by atoms with Crippen LogP contribution in [0.2, 0.25) is 5.02 Å². The van der Waals surface area contributed by atoms with Crippen molar-refractivity contribution in [1.29, 1.82) is 0 Å². The third-order valence-corrected chi connectivity index (χ3v) is 4.36. The topological polar surface area (TPSA) is 66.4 Å². The summed E-state index contributed by atoms with van der Waals surface area (Å²) in [6.45, 7) is 3.81. The van der Waals surface area contributed by atoms with Crippen molar-refractivity contribution in [3.05, 3.63) is 33.8 Å². The molecule has 0 spiro atoms. The van der Waals surface area contributed by atoms with Crippen LogP contribution in [0.25, 0.3) is 0 Å². The van der Waals surface area contributed by atoms with E-state index in [0.717, 1.165) is 24.0 Å². The zero-order chi connectivity index (χ0) is 14.9. The van der Waals surface area contributed by atoms with Gasteiger partial charge in [0.25, 0.3) is 5.91 Å². The maximum absolute atomic E-state index is 12.3. The van der Waals surface area contributed by atoms with Crippen molar-refractivity contribution < 1.29 is 14.7 Å². The summed E-state index contributed by atoms with van der Waals surface area (Å²) in [6, 6.07) is 3.44. The number of benzene rings is 1. The number of aryl methyl sites for hydroxylation is 2. The Kier molecular flexibility index (Phi) is 4.04. The maximum atomic E-state index is 12.3. The lowest BCUT2D eigenvalue weighted by Gasteiger charge is -2.25. The molecule has 2 N–H and O–H groups in total. The molecule has 5 heteroatoms. The first kappa shape index (κ1) is 14.9. The van der Waals surface area contributed by atoms with Gasteiger partial charge in [-0.15, -0.1) is 0 Å². The molecule has 1 fully saturated rings. The molecule has 0 aromatic heterocycles. The van der Waals surface area contributed by atoms with E-state index in [2.05, 4.69) is 5.32 Å². The standard InChI is InChI=1S/C15H18ClNO3/c1-9-7-11(12(16)8-10(9)2)13(18)17-15(14(19)20)5-3-4-6-15/h7-8H,3-6H2,1-2H3,(H,17,18)(H,19,20). The second-order valence-electron chi connectivity index (χ2n) is 5.46. The molecule has 0 heterocycles. The van der Waals surface area contributed by atoms with Crippen molar-refractivity contribution in [3.8, 4) is 0 Å². The first-order valence-electron chi connectivity index (χ1n) is 6.68. The highest BCUT2D eigenvalue weighted by molar-refractivity contribution is 6.34. The molecule has 1 aliphatic carbocycles. The van der Waals surface area contributed by atoms with Gasteiger partial charge in [0.15, 0.2) is 0 Å². The van der Waals surface area contributed by atoms with E-state index in [-0.39, 0.29) is 0 Å². The van der Waals surface area contributed by atoms with Gasteiger partial charge in [0.2, 0.25) is 0 Å². The molecule has 4 nitrogen and oxygen atoms in total. The summed E-state index contributed by atoms with van der Waals surface area (Å²) in [4.78, 5) is 23.8. The van der Waals surface area contributed by atoms with Crippen molar-refractivity contribution in [1.82, 2.24) is 5.32 Å². The van der Waals surface area contributed by atoms with Crippen LogP contribution in [0, 0.1) is 13.8 Å². The molecule has 1 aromatic rings. The van der Waals surface area contributed by atoms with Crippen LogP contribution in [0.15, 0.2) is 12.1 Å². The van der Waals surface area contributed by atoms with E-state index >= 15 is 0 Å². The van der Waals surface area contributed by atoms with E-state index in [9.17, 15) is 14.7 Å². The number of carbonyl (C=O) groups excluding carboxylic acids is 1. The molecule has 108 valence electrons. The fourth-order valence-electron chi connectivity index (χ4n) is 2.61. The first-order chi connectivity index (χ1) is 9.35. The predicted molar refractivity (Wildman–Crippen MR) is 77.2 cm³/mol. The number of amides is 1. The average molecular weight is 296 g/mol. The van der Waals surface area contributed by atoms with E-state index in [0.29, 0.717) is 23.4 Å². The molecule has 1 amide bonds. The Labute approximate surface area is 123 Å². The molecular weight excluding hydrogens is 278 g/mol. The summed E-state index contributed by atoms with van der Waals surface area (Å²) in [7, 11) is 0. The van der Waals surface area contributed by atoms with Gasteiger partial charge in [0.05, 0.1) is 10.6 Å². The number of hydrogen-bond donors (Lipinski definition) is 2. The summed E-state index contributed by atoms with van der Waals surface area (Å²) in [5.41, 5.74) is 1.15. The molecule has 0 aliphatic heterocycles. The lowest BCUT2D eigenvalue weighted by atomic mass is 9.96. The molecular formula is C15H18ClNO3. The number of carboxylic acids is 1. The molecule has 1 saturated carbocycles. The Morgan fingerprint density at radius 1 is 1.20 bits per heavy atom. The molecule has 1 aliphatic rings. The van der Waals surface area contributed by atoms with Gasteiger partial charge in [-0.05, 0) is 49.9 Å². The van der Waals surface area contributed by atoms with Crippen molar-refractivity contribution in [3.63, 3.8) is 0 Å². The third kappa shape index (κ3) is 2.66. The molecule has 0 bridgehead atoms. The Morgan fingerprint density at radius 2 is 1.75 bits per heavy atom. The summed E-state index contributed by atoms with van der Waals surface area (Å²) in [5, 5.41) is 12.4. The van der Waals surface area contributed by atoms with E-state index in [1.807, 2.05) is 13.8 Å². The minimum atomic E-state index is -1.14. The Hall–Kier alpha value is -1.55. The molecule has 0 atom stereocenters. The van der Waals surface area contributed by atoms with Gasteiger partial charge in [0.1, 0.15) is 5.54 Å². The Morgan fingerprint density at radius 3 is 2.30 bits per heavy atom. The van der Waals surface area contributed by atoms with Crippen molar-refractivity contribution in [2.75, 3.05) is 0 Å². The van der Waals surface area contributed by atoms with Gasteiger partial charge in [0, 0.05) is 0 Å².